The number of aromatic nitrogens is 1. The molecule has 1 heterocycles. The summed E-state index contributed by atoms with van der Waals surface area (Å²) in [7, 11) is 0. The van der Waals surface area contributed by atoms with Crippen LogP contribution >= 0.6 is 0 Å². The Hall–Kier alpha value is -2.43. The van der Waals surface area contributed by atoms with Gasteiger partial charge in [-0.15, -0.1) is 0 Å². The summed E-state index contributed by atoms with van der Waals surface area (Å²) in [5.74, 6) is 0.637. The van der Waals surface area contributed by atoms with Crippen LogP contribution in [0.3, 0.4) is 0 Å². The zero-order valence-corrected chi connectivity index (χ0v) is 8.24. The molecule has 0 aliphatic carbocycles. The van der Waals surface area contributed by atoms with Gasteiger partial charge in [0, 0.05) is 12.1 Å². The topological polar surface area (TPSA) is 69.2 Å². The summed E-state index contributed by atoms with van der Waals surface area (Å²) in [6.07, 6.45) is 6.47. The van der Waals surface area contributed by atoms with Crippen molar-refractivity contribution in [3.05, 3.63) is 58.3 Å². The van der Waals surface area contributed by atoms with Crippen LogP contribution in [0.2, 0.25) is 0 Å². The maximum Gasteiger partial charge on any atom is 0.269 e. The second-order valence-corrected chi connectivity index (χ2v) is 3.09. The van der Waals surface area contributed by atoms with Gasteiger partial charge in [-0.25, -0.2) is 4.98 Å². The minimum absolute atomic E-state index is 0.0804. The molecule has 80 valence electrons. The Labute approximate surface area is 91.2 Å². The molecule has 0 atom stereocenters. The lowest BCUT2D eigenvalue weighted by atomic mass is 10.2. The number of nitro groups is 1. The van der Waals surface area contributed by atoms with Crippen LogP contribution in [0.25, 0.3) is 12.2 Å². The van der Waals surface area contributed by atoms with Crippen molar-refractivity contribution in [1.29, 1.82) is 0 Å². The van der Waals surface area contributed by atoms with E-state index < -0.39 is 4.92 Å². The number of rotatable bonds is 3. The summed E-state index contributed by atoms with van der Waals surface area (Å²) < 4.78 is 5.01. The second-order valence-electron chi connectivity index (χ2n) is 3.09. The molecule has 0 unspecified atom stereocenters. The number of benzene rings is 1. The van der Waals surface area contributed by atoms with Gasteiger partial charge in [-0.2, -0.15) is 0 Å². The lowest BCUT2D eigenvalue weighted by Crippen LogP contribution is -1.86. The lowest BCUT2D eigenvalue weighted by Gasteiger charge is -1.92. The molecule has 2 rings (SSSR count). The molecule has 1 aromatic heterocycles. The summed E-state index contributed by atoms with van der Waals surface area (Å²) in [6, 6.07) is 6.26. The fourth-order valence-electron chi connectivity index (χ4n) is 1.19. The van der Waals surface area contributed by atoms with E-state index in [4.69, 9.17) is 4.42 Å². The number of nitro benzene ring substituents is 1. The van der Waals surface area contributed by atoms with E-state index >= 15 is 0 Å². The van der Waals surface area contributed by atoms with Crippen molar-refractivity contribution in [1.82, 2.24) is 4.98 Å². The first kappa shape index (κ1) is 10.1. The predicted molar refractivity (Wildman–Crippen MR) is 58.5 cm³/mol. The summed E-state index contributed by atoms with van der Waals surface area (Å²) in [6.45, 7) is 0. The van der Waals surface area contributed by atoms with Gasteiger partial charge in [0.05, 0.1) is 11.1 Å². The van der Waals surface area contributed by atoms with Crippen LogP contribution < -0.4 is 0 Å². The van der Waals surface area contributed by atoms with E-state index in [-0.39, 0.29) is 5.69 Å². The van der Waals surface area contributed by atoms with Crippen molar-refractivity contribution >= 4 is 17.8 Å². The monoisotopic (exact) mass is 216 g/mol. The molecule has 0 N–H and O–H groups in total. The van der Waals surface area contributed by atoms with Gasteiger partial charge < -0.3 is 4.42 Å². The summed E-state index contributed by atoms with van der Waals surface area (Å²) in [5, 5.41) is 10.4. The highest BCUT2D eigenvalue weighted by Gasteiger charge is 2.02. The van der Waals surface area contributed by atoms with Gasteiger partial charge in [0.25, 0.3) is 5.69 Å². The maximum atomic E-state index is 10.4. The third kappa shape index (κ3) is 2.33. The van der Waals surface area contributed by atoms with Crippen molar-refractivity contribution in [2.24, 2.45) is 0 Å². The smallest absolute Gasteiger partial charge is 0.269 e. The van der Waals surface area contributed by atoms with Crippen molar-refractivity contribution in [3.8, 4) is 0 Å². The zero-order chi connectivity index (χ0) is 11.4. The van der Waals surface area contributed by atoms with Crippen molar-refractivity contribution < 1.29 is 9.34 Å². The Morgan fingerprint density at radius 1 is 1.25 bits per heavy atom. The fraction of sp³-hybridized carbons (Fsp3) is 0. The number of hydrogen-bond donors (Lipinski definition) is 0. The molecule has 0 fully saturated rings. The normalized spacial score (nSPS) is 10.8. The molecule has 0 saturated carbocycles. The molecule has 0 spiro atoms. The maximum absolute atomic E-state index is 10.4. The number of hydrogen-bond acceptors (Lipinski definition) is 4. The van der Waals surface area contributed by atoms with Crippen LogP contribution in [0, 0.1) is 10.1 Å². The molecule has 0 aliphatic heterocycles. The highest BCUT2D eigenvalue weighted by atomic mass is 16.6. The van der Waals surface area contributed by atoms with Crippen LogP contribution in [0.5, 0.6) is 0 Å². The minimum atomic E-state index is -0.427. The molecule has 0 bridgehead atoms. The van der Waals surface area contributed by atoms with E-state index in [1.807, 2.05) is 0 Å². The first-order valence-corrected chi connectivity index (χ1v) is 4.57. The average molecular weight is 216 g/mol. The largest absolute Gasteiger partial charge is 0.444 e. The first-order chi connectivity index (χ1) is 7.75. The minimum Gasteiger partial charge on any atom is -0.444 e. The third-order valence-electron chi connectivity index (χ3n) is 2.00. The molecule has 16 heavy (non-hydrogen) atoms. The van der Waals surface area contributed by atoms with Crippen LogP contribution in [-0.2, 0) is 0 Å². The number of oxazole rings is 1. The SMILES string of the molecule is O=[N+]([O-])c1ccc(C=Cc2cnco2)cc1. The number of non-ortho nitro benzene ring substituents is 1. The fourth-order valence-corrected chi connectivity index (χ4v) is 1.19. The molecule has 0 amide bonds. The highest BCUT2D eigenvalue weighted by molar-refractivity contribution is 5.67. The van der Waals surface area contributed by atoms with E-state index in [0.717, 1.165) is 5.56 Å². The number of nitrogens with zero attached hydrogens (tertiary/aromatic N) is 2. The standard InChI is InChI=1S/C11H8N2O3/c14-13(15)10-4-1-9(2-5-10)3-6-11-7-12-8-16-11/h1-8H. The molecule has 2 aromatic rings. The molecule has 0 saturated heterocycles. The van der Waals surface area contributed by atoms with Crippen molar-refractivity contribution in [2.75, 3.05) is 0 Å². The Kier molecular flexibility index (Phi) is 2.77. The molecular formula is C11H8N2O3. The summed E-state index contributed by atoms with van der Waals surface area (Å²) in [5.41, 5.74) is 0.943. The van der Waals surface area contributed by atoms with Crippen molar-refractivity contribution in [3.63, 3.8) is 0 Å². The van der Waals surface area contributed by atoms with Gasteiger partial charge >= 0.3 is 0 Å². The summed E-state index contributed by atoms with van der Waals surface area (Å²) >= 11 is 0. The predicted octanol–water partition coefficient (Wildman–Crippen LogP) is 2.75. The van der Waals surface area contributed by atoms with Crippen LogP contribution in [0.4, 0.5) is 5.69 Å². The van der Waals surface area contributed by atoms with E-state index in [0.29, 0.717) is 5.76 Å². The first-order valence-electron chi connectivity index (χ1n) is 4.57. The Bertz CT molecular complexity index is 501. The molecule has 0 aliphatic rings. The average Bonchev–Trinajstić information content (AvgIpc) is 2.80. The van der Waals surface area contributed by atoms with Gasteiger partial charge in [-0.1, -0.05) is 6.08 Å². The second kappa shape index (κ2) is 4.39. The van der Waals surface area contributed by atoms with Crippen LogP contribution in [-0.4, -0.2) is 9.91 Å². The third-order valence-corrected chi connectivity index (χ3v) is 2.00. The zero-order valence-electron chi connectivity index (χ0n) is 8.24. The van der Waals surface area contributed by atoms with E-state index in [1.54, 1.807) is 30.5 Å². The highest BCUT2D eigenvalue weighted by Crippen LogP contribution is 2.14. The van der Waals surface area contributed by atoms with Gasteiger partial charge in [0.1, 0.15) is 5.76 Å². The van der Waals surface area contributed by atoms with Crippen molar-refractivity contribution in [2.45, 2.75) is 0 Å². The molecular weight excluding hydrogens is 208 g/mol. The van der Waals surface area contributed by atoms with E-state index in [1.165, 1.54) is 18.5 Å². The Balaban J connectivity index is 2.14. The van der Waals surface area contributed by atoms with Gasteiger partial charge in [0.15, 0.2) is 6.39 Å². The molecule has 5 nitrogen and oxygen atoms in total. The molecule has 5 heteroatoms. The summed E-state index contributed by atoms with van der Waals surface area (Å²) in [4.78, 5) is 13.8. The van der Waals surface area contributed by atoms with Gasteiger partial charge in [-0.3, -0.25) is 10.1 Å². The van der Waals surface area contributed by atoms with E-state index in [9.17, 15) is 10.1 Å². The Morgan fingerprint density at radius 3 is 2.56 bits per heavy atom. The van der Waals surface area contributed by atoms with Crippen LogP contribution in [0.15, 0.2) is 41.3 Å². The lowest BCUT2D eigenvalue weighted by molar-refractivity contribution is -0.384. The Morgan fingerprint density at radius 2 is 2.00 bits per heavy atom. The van der Waals surface area contributed by atoms with E-state index in [2.05, 4.69) is 4.98 Å². The van der Waals surface area contributed by atoms with Crippen LogP contribution in [0.1, 0.15) is 11.3 Å². The molecule has 1 aromatic carbocycles. The van der Waals surface area contributed by atoms with Gasteiger partial charge in [-0.05, 0) is 23.8 Å². The molecule has 0 radical (unpaired) electrons. The quantitative estimate of drug-likeness (QED) is 0.584. The van der Waals surface area contributed by atoms with Gasteiger partial charge in [0.2, 0.25) is 0 Å².